The number of carbonyl (C=O) groups is 2. The second kappa shape index (κ2) is 9.76. The smallest absolute Gasteiger partial charge is 0.311 e. The summed E-state index contributed by atoms with van der Waals surface area (Å²) in [5, 5.41) is 12.7. The first-order valence-corrected chi connectivity index (χ1v) is 10.1. The highest BCUT2D eigenvalue weighted by atomic mass is 32.1. The number of rotatable bonds is 7. The van der Waals surface area contributed by atoms with Crippen LogP contribution in [-0.4, -0.2) is 35.0 Å². The monoisotopic (exact) mass is 420 g/mol. The Balaban J connectivity index is 1.73. The molecule has 2 heterocycles. The van der Waals surface area contributed by atoms with Gasteiger partial charge in [0.1, 0.15) is 9.88 Å². The number of nitriles is 1. The minimum absolute atomic E-state index is 0.310. The number of esters is 1. The number of methoxy groups -OCH3 is 1. The van der Waals surface area contributed by atoms with Gasteiger partial charge < -0.3 is 10.1 Å². The van der Waals surface area contributed by atoms with Crippen molar-refractivity contribution in [3.8, 4) is 16.6 Å². The van der Waals surface area contributed by atoms with E-state index in [0.29, 0.717) is 21.9 Å². The van der Waals surface area contributed by atoms with E-state index in [1.807, 2.05) is 12.1 Å². The Kier molecular flexibility index (Phi) is 6.88. The maximum absolute atomic E-state index is 12.7. The van der Waals surface area contributed by atoms with Gasteiger partial charge in [0.2, 0.25) is 0 Å². The average Bonchev–Trinajstić information content (AvgIpc) is 3.28. The lowest BCUT2D eigenvalue weighted by Crippen LogP contribution is -2.42. The summed E-state index contributed by atoms with van der Waals surface area (Å²) in [5.74, 6) is -1.33. The van der Waals surface area contributed by atoms with E-state index in [4.69, 9.17) is 10.00 Å². The molecule has 0 radical (unpaired) electrons. The van der Waals surface area contributed by atoms with Crippen LogP contribution in [-0.2, 0) is 16.0 Å². The quantitative estimate of drug-likeness (QED) is 0.589. The van der Waals surface area contributed by atoms with Crippen molar-refractivity contribution in [1.82, 2.24) is 15.3 Å². The first-order chi connectivity index (χ1) is 14.5. The summed E-state index contributed by atoms with van der Waals surface area (Å²) in [6, 6.07) is 12.3. The minimum Gasteiger partial charge on any atom is -0.469 e. The third-order valence-electron chi connectivity index (χ3n) is 4.62. The summed E-state index contributed by atoms with van der Waals surface area (Å²) in [6.07, 6.45) is 5.21. The molecule has 1 N–H and O–H groups in total. The van der Waals surface area contributed by atoms with Crippen LogP contribution in [0.1, 0.15) is 27.7 Å². The van der Waals surface area contributed by atoms with E-state index in [2.05, 4.69) is 21.4 Å². The summed E-state index contributed by atoms with van der Waals surface area (Å²) in [5.41, 5.74) is 2.17. The lowest BCUT2D eigenvalue weighted by atomic mass is 9.92. The molecule has 1 aromatic carbocycles. The van der Waals surface area contributed by atoms with Crippen molar-refractivity contribution >= 4 is 23.2 Å². The number of hydrogen-bond donors (Lipinski definition) is 1. The Morgan fingerprint density at radius 1 is 1.27 bits per heavy atom. The highest BCUT2D eigenvalue weighted by molar-refractivity contribution is 7.16. The largest absolute Gasteiger partial charge is 0.469 e. The molecule has 0 fully saturated rings. The third kappa shape index (κ3) is 5.07. The number of amides is 1. The van der Waals surface area contributed by atoms with Crippen molar-refractivity contribution in [2.24, 2.45) is 5.92 Å². The number of hydrogen-bond acceptors (Lipinski definition) is 7. The van der Waals surface area contributed by atoms with Crippen molar-refractivity contribution in [2.75, 3.05) is 7.11 Å². The Hall–Kier alpha value is -3.57. The predicted octanol–water partition coefficient (Wildman–Crippen LogP) is 3.23. The lowest BCUT2D eigenvalue weighted by Gasteiger charge is -2.22. The molecule has 0 aliphatic rings. The van der Waals surface area contributed by atoms with Gasteiger partial charge in [-0.05, 0) is 43.2 Å². The van der Waals surface area contributed by atoms with Gasteiger partial charge in [-0.3, -0.25) is 14.6 Å². The fourth-order valence-corrected chi connectivity index (χ4v) is 3.83. The van der Waals surface area contributed by atoms with Crippen LogP contribution in [0, 0.1) is 17.2 Å². The van der Waals surface area contributed by atoms with Gasteiger partial charge in [0.05, 0.1) is 30.9 Å². The van der Waals surface area contributed by atoms with Crippen molar-refractivity contribution in [3.63, 3.8) is 0 Å². The maximum Gasteiger partial charge on any atom is 0.311 e. The third-order valence-corrected chi connectivity index (χ3v) is 5.66. The molecule has 3 aromatic rings. The first-order valence-electron chi connectivity index (χ1n) is 9.25. The highest BCUT2D eigenvalue weighted by Gasteiger charge is 2.28. The second-order valence-corrected chi connectivity index (χ2v) is 7.71. The fraction of sp³-hybridized carbons (Fsp3) is 0.227. The van der Waals surface area contributed by atoms with Crippen LogP contribution < -0.4 is 5.32 Å². The maximum atomic E-state index is 12.7. The van der Waals surface area contributed by atoms with Gasteiger partial charge in [-0.15, -0.1) is 11.3 Å². The van der Waals surface area contributed by atoms with Crippen molar-refractivity contribution < 1.29 is 14.3 Å². The van der Waals surface area contributed by atoms with E-state index in [1.54, 1.807) is 43.6 Å². The van der Waals surface area contributed by atoms with Crippen LogP contribution in [0.3, 0.4) is 0 Å². The summed E-state index contributed by atoms with van der Waals surface area (Å²) < 4.78 is 4.94. The zero-order valence-corrected chi connectivity index (χ0v) is 17.3. The molecule has 1 amide bonds. The molecule has 2 atom stereocenters. The second-order valence-electron chi connectivity index (χ2n) is 6.68. The van der Waals surface area contributed by atoms with E-state index in [9.17, 15) is 9.59 Å². The average molecular weight is 420 g/mol. The van der Waals surface area contributed by atoms with E-state index in [-0.39, 0.29) is 5.91 Å². The molecule has 7 nitrogen and oxygen atoms in total. The topological polar surface area (TPSA) is 105 Å². The molecule has 2 aromatic heterocycles. The van der Waals surface area contributed by atoms with E-state index < -0.39 is 17.9 Å². The molecule has 0 saturated heterocycles. The number of nitrogens with zero attached hydrogens (tertiary/aromatic N) is 3. The number of pyridine rings is 1. The zero-order valence-electron chi connectivity index (χ0n) is 16.5. The number of carbonyl (C=O) groups excluding carboxylic acids is 2. The van der Waals surface area contributed by atoms with E-state index >= 15 is 0 Å². The number of nitrogens with one attached hydrogen (secondary N) is 1. The Bertz CT molecular complexity index is 1080. The summed E-state index contributed by atoms with van der Waals surface area (Å²) >= 11 is 1.26. The molecule has 0 spiro atoms. The molecule has 8 heteroatoms. The Morgan fingerprint density at radius 2 is 2.10 bits per heavy atom. The first kappa shape index (κ1) is 21.1. The van der Waals surface area contributed by atoms with Crippen LogP contribution in [0.4, 0.5) is 0 Å². The summed E-state index contributed by atoms with van der Waals surface area (Å²) in [7, 11) is 1.32. The van der Waals surface area contributed by atoms with Gasteiger partial charge in [0, 0.05) is 24.0 Å². The van der Waals surface area contributed by atoms with Gasteiger partial charge in [0.25, 0.3) is 5.91 Å². The van der Waals surface area contributed by atoms with Crippen LogP contribution in [0.25, 0.3) is 10.6 Å². The van der Waals surface area contributed by atoms with Crippen LogP contribution in [0.2, 0.25) is 0 Å². The summed E-state index contributed by atoms with van der Waals surface area (Å²) in [4.78, 5) is 33.9. The van der Waals surface area contributed by atoms with E-state index in [0.717, 1.165) is 11.1 Å². The summed E-state index contributed by atoms with van der Waals surface area (Å²) in [6.45, 7) is 1.76. The molecule has 152 valence electrons. The molecule has 0 aliphatic heterocycles. The zero-order chi connectivity index (χ0) is 21.5. The number of ether oxygens (including phenoxy) is 1. The Morgan fingerprint density at radius 3 is 2.80 bits per heavy atom. The number of thiazole rings is 1. The molecule has 30 heavy (non-hydrogen) atoms. The van der Waals surface area contributed by atoms with Gasteiger partial charge in [-0.1, -0.05) is 12.1 Å². The van der Waals surface area contributed by atoms with Crippen LogP contribution in [0.5, 0.6) is 0 Å². The number of aromatic nitrogens is 2. The SMILES string of the molecule is COC(=O)C(Cc1cccc(C#N)c1)C(C)NC(=O)c1cnc(-c2cccnc2)s1. The van der Waals surface area contributed by atoms with Crippen molar-refractivity contribution in [3.05, 3.63) is 71.0 Å². The molecule has 0 saturated carbocycles. The van der Waals surface area contributed by atoms with Crippen molar-refractivity contribution in [2.45, 2.75) is 19.4 Å². The van der Waals surface area contributed by atoms with E-state index in [1.165, 1.54) is 24.6 Å². The molecule has 3 rings (SSSR count). The normalized spacial score (nSPS) is 12.4. The molecule has 2 unspecified atom stereocenters. The van der Waals surface area contributed by atoms with Gasteiger partial charge in [-0.25, -0.2) is 4.98 Å². The lowest BCUT2D eigenvalue weighted by molar-refractivity contribution is -0.146. The fourth-order valence-electron chi connectivity index (χ4n) is 3.02. The molecule has 0 aliphatic carbocycles. The molecular weight excluding hydrogens is 400 g/mol. The standard InChI is InChI=1S/C22H20N4O3S/c1-14(18(22(28)29-2)10-15-5-3-6-16(9-15)11-23)26-20(27)19-13-25-21(30-19)17-7-4-8-24-12-17/h3-9,12-14,18H,10H2,1-2H3,(H,26,27). The van der Waals surface area contributed by atoms with Crippen molar-refractivity contribution in [1.29, 1.82) is 5.26 Å². The highest BCUT2D eigenvalue weighted by Crippen LogP contribution is 2.24. The van der Waals surface area contributed by atoms with Gasteiger partial charge >= 0.3 is 5.97 Å². The predicted molar refractivity (Wildman–Crippen MR) is 113 cm³/mol. The minimum atomic E-state index is -0.599. The number of benzene rings is 1. The Labute approximate surface area is 178 Å². The van der Waals surface area contributed by atoms with Gasteiger partial charge in [-0.2, -0.15) is 5.26 Å². The molecule has 0 bridgehead atoms. The van der Waals surface area contributed by atoms with Gasteiger partial charge in [0.15, 0.2) is 0 Å². The molecular formula is C22H20N4O3S. The van der Waals surface area contributed by atoms with Crippen LogP contribution in [0.15, 0.2) is 55.0 Å². The van der Waals surface area contributed by atoms with Crippen LogP contribution >= 0.6 is 11.3 Å².